The highest BCUT2D eigenvalue weighted by atomic mass is 28.5. The molecule has 0 spiro atoms. The molecule has 17 heavy (non-hydrogen) atoms. The van der Waals surface area contributed by atoms with Crippen LogP contribution in [-0.4, -0.2) is 30.3 Å². The maximum atomic E-state index is 6.15. The fraction of sp³-hybridized carbons (Fsp3) is 1.00. The molecule has 0 radical (unpaired) electrons. The third-order valence-electron chi connectivity index (χ3n) is 2.22. The third kappa shape index (κ3) is 9.97. The number of rotatable bonds is 10. The minimum atomic E-state index is -2.40. The lowest BCUT2D eigenvalue weighted by Gasteiger charge is -2.32. The lowest BCUT2D eigenvalue weighted by molar-refractivity contribution is 0.107. The molecule has 0 N–H and O–H groups in total. The molecule has 0 atom stereocenters. The Hall–Kier alpha value is 0.314. The first-order chi connectivity index (χ1) is 7.83. The summed E-state index contributed by atoms with van der Waals surface area (Å²) in [5, 5.41) is 0. The first-order valence-corrected chi connectivity index (χ1v) is 12.4. The van der Waals surface area contributed by atoms with Crippen molar-refractivity contribution in [3.05, 3.63) is 0 Å². The molecule has 0 aliphatic heterocycles. The Kier molecular flexibility index (Phi) is 8.58. The molecule has 0 aromatic rings. The van der Waals surface area contributed by atoms with Gasteiger partial charge < -0.3 is 13.0 Å². The fourth-order valence-corrected chi connectivity index (χ4v) is 7.50. The lowest BCUT2D eigenvalue weighted by atomic mass is 10.4. The van der Waals surface area contributed by atoms with Gasteiger partial charge in [0.2, 0.25) is 0 Å². The van der Waals surface area contributed by atoms with Crippen LogP contribution >= 0.6 is 0 Å². The number of unbranched alkanes of at least 4 members (excludes halogenated alkanes) is 2. The largest absolute Gasteiger partial charge is 0.487 e. The Morgan fingerprint density at radius 3 is 1.47 bits per heavy atom. The standard InChI is InChI=1S/C12H30O3Si2/c1-7-9-11-13-17(6,14-12-10-8-2)15-16(3,4)5/h7-12H2,1-6H3. The van der Waals surface area contributed by atoms with Gasteiger partial charge in [0.1, 0.15) is 0 Å². The summed E-state index contributed by atoms with van der Waals surface area (Å²) in [6.07, 6.45) is 4.45. The highest BCUT2D eigenvalue weighted by Crippen LogP contribution is 2.18. The molecule has 3 nitrogen and oxygen atoms in total. The van der Waals surface area contributed by atoms with Gasteiger partial charge in [-0.25, -0.2) is 0 Å². The monoisotopic (exact) mass is 278 g/mol. The van der Waals surface area contributed by atoms with E-state index in [1.807, 2.05) is 6.55 Å². The molecule has 0 fully saturated rings. The van der Waals surface area contributed by atoms with Gasteiger partial charge in [0, 0.05) is 19.8 Å². The second-order valence-corrected chi connectivity index (χ2v) is 12.8. The van der Waals surface area contributed by atoms with Crippen LogP contribution in [0.3, 0.4) is 0 Å². The van der Waals surface area contributed by atoms with Crippen LogP contribution in [0.2, 0.25) is 26.2 Å². The normalized spacial score (nSPS) is 13.1. The molecular formula is C12H30O3Si2. The van der Waals surface area contributed by atoms with Crippen LogP contribution in [0.5, 0.6) is 0 Å². The predicted octanol–water partition coefficient (Wildman–Crippen LogP) is 4.04. The first-order valence-electron chi connectivity index (χ1n) is 6.81. The summed E-state index contributed by atoms with van der Waals surface area (Å²) in [6.45, 7) is 14.4. The second-order valence-electron chi connectivity index (χ2n) is 5.48. The van der Waals surface area contributed by atoms with E-state index in [0.29, 0.717) is 0 Å². The maximum Gasteiger partial charge on any atom is 0.487 e. The van der Waals surface area contributed by atoms with Crippen LogP contribution in [0.4, 0.5) is 0 Å². The molecule has 0 heterocycles. The summed E-state index contributed by atoms with van der Waals surface area (Å²) in [4.78, 5) is 0. The minimum Gasteiger partial charge on any atom is -0.416 e. The Bertz CT molecular complexity index is 183. The Morgan fingerprint density at radius 2 is 1.18 bits per heavy atom. The number of hydrogen-bond donors (Lipinski definition) is 0. The maximum absolute atomic E-state index is 6.15. The molecule has 0 amide bonds. The van der Waals surface area contributed by atoms with Crippen molar-refractivity contribution in [1.29, 1.82) is 0 Å². The van der Waals surface area contributed by atoms with Crippen molar-refractivity contribution < 1.29 is 13.0 Å². The van der Waals surface area contributed by atoms with E-state index in [4.69, 9.17) is 13.0 Å². The van der Waals surface area contributed by atoms with Gasteiger partial charge in [-0.1, -0.05) is 26.7 Å². The van der Waals surface area contributed by atoms with Crippen LogP contribution in [0.25, 0.3) is 0 Å². The van der Waals surface area contributed by atoms with Gasteiger partial charge in [-0.2, -0.15) is 0 Å². The van der Waals surface area contributed by atoms with E-state index in [9.17, 15) is 0 Å². The summed E-state index contributed by atoms with van der Waals surface area (Å²) in [7, 11) is -4.00. The SMILES string of the molecule is CCCCO[Si](C)(OCCCC)O[Si](C)(C)C. The molecule has 0 aliphatic carbocycles. The van der Waals surface area contributed by atoms with E-state index in [1.54, 1.807) is 0 Å². The number of hydrogen-bond acceptors (Lipinski definition) is 3. The Morgan fingerprint density at radius 1 is 0.765 bits per heavy atom. The molecule has 104 valence electrons. The highest BCUT2D eigenvalue weighted by molar-refractivity contribution is 6.79. The van der Waals surface area contributed by atoms with E-state index < -0.39 is 17.1 Å². The van der Waals surface area contributed by atoms with Gasteiger partial charge in [0.15, 0.2) is 8.32 Å². The zero-order valence-corrected chi connectivity index (χ0v) is 14.5. The molecule has 5 heteroatoms. The summed E-state index contributed by atoms with van der Waals surface area (Å²) in [5.74, 6) is 0. The van der Waals surface area contributed by atoms with E-state index in [2.05, 4.69) is 33.5 Å². The fourth-order valence-electron chi connectivity index (χ4n) is 1.46. The lowest BCUT2D eigenvalue weighted by Crippen LogP contribution is -2.50. The average Bonchev–Trinajstić information content (AvgIpc) is 2.15. The molecule has 0 aromatic carbocycles. The molecule has 0 aliphatic rings. The molecule has 0 saturated heterocycles. The van der Waals surface area contributed by atoms with E-state index >= 15 is 0 Å². The van der Waals surface area contributed by atoms with Crippen molar-refractivity contribution in [3.8, 4) is 0 Å². The van der Waals surface area contributed by atoms with Crippen molar-refractivity contribution in [2.24, 2.45) is 0 Å². The van der Waals surface area contributed by atoms with E-state index in [1.165, 1.54) is 0 Å². The molecule has 0 saturated carbocycles. The average molecular weight is 279 g/mol. The Labute approximate surface area is 109 Å². The molecule has 0 aromatic heterocycles. The van der Waals surface area contributed by atoms with Crippen molar-refractivity contribution in [1.82, 2.24) is 0 Å². The van der Waals surface area contributed by atoms with Crippen LogP contribution in [-0.2, 0) is 13.0 Å². The van der Waals surface area contributed by atoms with Crippen LogP contribution in [0.15, 0.2) is 0 Å². The highest BCUT2D eigenvalue weighted by Gasteiger charge is 2.39. The quantitative estimate of drug-likeness (QED) is 0.446. The minimum absolute atomic E-state index is 0.760. The van der Waals surface area contributed by atoms with E-state index in [0.717, 1.165) is 38.9 Å². The molecule has 0 rings (SSSR count). The van der Waals surface area contributed by atoms with Crippen molar-refractivity contribution in [3.63, 3.8) is 0 Å². The van der Waals surface area contributed by atoms with Gasteiger partial charge in [-0.05, 0) is 32.5 Å². The van der Waals surface area contributed by atoms with Gasteiger partial charge >= 0.3 is 8.80 Å². The topological polar surface area (TPSA) is 27.7 Å². The van der Waals surface area contributed by atoms with Crippen LogP contribution in [0.1, 0.15) is 39.5 Å². The van der Waals surface area contributed by atoms with Crippen molar-refractivity contribution in [2.45, 2.75) is 65.7 Å². The zero-order chi connectivity index (χ0) is 13.4. The molecule has 0 bridgehead atoms. The summed E-state index contributed by atoms with van der Waals surface area (Å²) in [5.41, 5.74) is 0. The molecule has 0 unspecified atom stereocenters. The van der Waals surface area contributed by atoms with Crippen molar-refractivity contribution in [2.75, 3.05) is 13.2 Å². The molecular weight excluding hydrogens is 248 g/mol. The third-order valence-corrected chi connectivity index (χ3v) is 7.61. The second kappa shape index (κ2) is 8.42. The Balaban J connectivity index is 4.24. The smallest absolute Gasteiger partial charge is 0.416 e. The van der Waals surface area contributed by atoms with E-state index in [-0.39, 0.29) is 0 Å². The van der Waals surface area contributed by atoms with Crippen LogP contribution in [0, 0.1) is 0 Å². The first kappa shape index (κ1) is 17.3. The van der Waals surface area contributed by atoms with Gasteiger partial charge in [-0.15, -0.1) is 0 Å². The van der Waals surface area contributed by atoms with Gasteiger partial charge in [0.05, 0.1) is 0 Å². The summed E-state index contributed by atoms with van der Waals surface area (Å²) in [6, 6.07) is 0. The summed E-state index contributed by atoms with van der Waals surface area (Å²) >= 11 is 0. The summed E-state index contributed by atoms with van der Waals surface area (Å²) < 4.78 is 18.0. The van der Waals surface area contributed by atoms with Gasteiger partial charge in [-0.3, -0.25) is 0 Å². The zero-order valence-electron chi connectivity index (χ0n) is 12.5. The van der Waals surface area contributed by atoms with Gasteiger partial charge in [0.25, 0.3) is 0 Å². The predicted molar refractivity (Wildman–Crippen MR) is 77.8 cm³/mol. The van der Waals surface area contributed by atoms with Crippen LogP contribution < -0.4 is 0 Å². The van der Waals surface area contributed by atoms with Crippen molar-refractivity contribution >= 4 is 17.1 Å².